The Morgan fingerprint density at radius 2 is 1.56 bits per heavy atom. The summed E-state index contributed by atoms with van der Waals surface area (Å²) in [6, 6.07) is 6.48. The molecule has 1 aromatic carbocycles. The van der Waals surface area contributed by atoms with E-state index in [4.69, 9.17) is 0 Å². The summed E-state index contributed by atoms with van der Waals surface area (Å²) in [5, 5.41) is 9.68. The number of aryl methyl sites for hydroxylation is 2. The normalized spacial score (nSPS) is 11.6. The predicted molar refractivity (Wildman–Crippen MR) is 71.9 cm³/mol. The molecule has 16 heavy (non-hydrogen) atoms. The van der Waals surface area contributed by atoms with Gasteiger partial charge in [-0.15, -0.1) is 0 Å². The van der Waals surface area contributed by atoms with Gasteiger partial charge in [-0.3, -0.25) is 0 Å². The molecule has 0 aliphatic carbocycles. The number of aliphatic hydroxyl groups excluding tert-OH is 1. The van der Waals surface area contributed by atoms with E-state index in [-0.39, 0.29) is 6.10 Å². The molecule has 1 unspecified atom stereocenters. The predicted octanol–water partition coefficient (Wildman–Crippen LogP) is 4.03. The maximum absolute atomic E-state index is 9.68. The lowest BCUT2D eigenvalue weighted by atomic mass is 10.0. The third-order valence-corrected chi connectivity index (χ3v) is 2.37. The molecule has 0 saturated heterocycles. The Balaban J connectivity index is 0.00000106. The van der Waals surface area contributed by atoms with Gasteiger partial charge in [0.15, 0.2) is 0 Å². The second-order valence-electron chi connectivity index (χ2n) is 4.14. The van der Waals surface area contributed by atoms with Crippen LogP contribution in [-0.4, -0.2) is 11.2 Å². The molecule has 1 heteroatoms. The van der Waals surface area contributed by atoms with Crippen LogP contribution in [-0.2, 0) is 6.42 Å². The van der Waals surface area contributed by atoms with Crippen LogP contribution in [0, 0.1) is 13.8 Å². The van der Waals surface area contributed by atoms with E-state index in [1.165, 1.54) is 16.7 Å². The molecular formula is C15H26O. The molecule has 1 nitrogen and oxygen atoms in total. The van der Waals surface area contributed by atoms with Crippen LogP contribution in [0.3, 0.4) is 0 Å². The van der Waals surface area contributed by atoms with Gasteiger partial charge in [0.05, 0.1) is 6.10 Å². The SMILES string of the molecule is CC.CCCC(O)Cc1cc(C)cc(C)c1. The van der Waals surface area contributed by atoms with Gasteiger partial charge in [-0.2, -0.15) is 0 Å². The number of hydrogen-bond donors (Lipinski definition) is 1. The number of hydrogen-bond acceptors (Lipinski definition) is 1. The van der Waals surface area contributed by atoms with Crippen molar-refractivity contribution in [2.24, 2.45) is 0 Å². The summed E-state index contributed by atoms with van der Waals surface area (Å²) in [7, 11) is 0. The molecule has 0 amide bonds. The maximum Gasteiger partial charge on any atom is 0.0580 e. The average Bonchev–Trinajstić information content (AvgIpc) is 2.19. The lowest BCUT2D eigenvalue weighted by molar-refractivity contribution is 0.164. The Morgan fingerprint density at radius 1 is 1.06 bits per heavy atom. The quantitative estimate of drug-likeness (QED) is 0.815. The molecule has 0 bridgehead atoms. The molecule has 0 heterocycles. The highest BCUT2D eigenvalue weighted by Gasteiger charge is 2.04. The first kappa shape index (κ1) is 15.2. The van der Waals surface area contributed by atoms with Crippen molar-refractivity contribution in [2.75, 3.05) is 0 Å². The van der Waals surface area contributed by atoms with Crippen LogP contribution in [0.1, 0.15) is 50.3 Å². The molecule has 1 rings (SSSR count). The Kier molecular flexibility index (Phi) is 7.92. The van der Waals surface area contributed by atoms with E-state index in [1.54, 1.807) is 0 Å². The molecule has 0 fully saturated rings. The van der Waals surface area contributed by atoms with Crippen LogP contribution >= 0.6 is 0 Å². The molecule has 0 aromatic heterocycles. The molecular weight excluding hydrogens is 196 g/mol. The van der Waals surface area contributed by atoms with Crippen molar-refractivity contribution in [1.82, 2.24) is 0 Å². The Hall–Kier alpha value is -0.820. The smallest absolute Gasteiger partial charge is 0.0580 e. The van der Waals surface area contributed by atoms with Crippen molar-refractivity contribution in [3.63, 3.8) is 0 Å². The monoisotopic (exact) mass is 222 g/mol. The molecule has 0 radical (unpaired) electrons. The fourth-order valence-corrected chi connectivity index (χ4v) is 1.89. The van der Waals surface area contributed by atoms with Crippen molar-refractivity contribution in [3.05, 3.63) is 34.9 Å². The molecule has 0 aliphatic heterocycles. The first-order valence-electron chi connectivity index (χ1n) is 6.37. The topological polar surface area (TPSA) is 20.2 Å². The summed E-state index contributed by atoms with van der Waals surface area (Å²) in [4.78, 5) is 0. The van der Waals surface area contributed by atoms with Gasteiger partial charge >= 0.3 is 0 Å². The van der Waals surface area contributed by atoms with Crippen molar-refractivity contribution >= 4 is 0 Å². The van der Waals surface area contributed by atoms with Gasteiger partial charge in [0, 0.05) is 0 Å². The van der Waals surface area contributed by atoms with Gasteiger partial charge < -0.3 is 5.11 Å². The average molecular weight is 222 g/mol. The van der Waals surface area contributed by atoms with Crippen LogP contribution in [0.15, 0.2) is 18.2 Å². The van der Waals surface area contributed by atoms with E-state index in [1.807, 2.05) is 13.8 Å². The zero-order chi connectivity index (χ0) is 12.6. The molecule has 92 valence electrons. The molecule has 1 N–H and O–H groups in total. The zero-order valence-electron chi connectivity index (χ0n) is 11.4. The minimum Gasteiger partial charge on any atom is -0.393 e. The fraction of sp³-hybridized carbons (Fsp3) is 0.600. The molecule has 0 saturated carbocycles. The van der Waals surface area contributed by atoms with Gasteiger partial charge in [-0.05, 0) is 32.3 Å². The standard InChI is InChI=1S/C13H20O.C2H6/c1-4-5-13(14)9-12-7-10(2)6-11(3)8-12;1-2/h6-8,13-14H,4-5,9H2,1-3H3;1-2H3. The molecule has 1 aromatic rings. The number of rotatable bonds is 4. The van der Waals surface area contributed by atoms with Crippen molar-refractivity contribution < 1.29 is 5.11 Å². The Morgan fingerprint density at radius 3 is 2.00 bits per heavy atom. The lowest BCUT2D eigenvalue weighted by Gasteiger charge is -2.10. The Bertz CT molecular complexity index is 271. The van der Waals surface area contributed by atoms with E-state index in [2.05, 4.69) is 39.0 Å². The second kappa shape index (κ2) is 8.35. The first-order chi connectivity index (χ1) is 7.61. The first-order valence-corrected chi connectivity index (χ1v) is 6.37. The minimum atomic E-state index is -0.179. The summed E-state index contributed by atoms with van der Waals surface area (Å²) in [6.45, 7) is 10.3. The highest BCUT2D eigenvalue weighted by molar-refractivity contribution is 5.28. The highest BCUT2D eigenvalue weighted by Crippen LogP contribution is 2.12. The van der Waals surface area contributed by atoms with Gasteiger partial charge in [0.1, 0.15) is 0 Å². The van der Waals surface area contributed by atoms with E-state index in [9.17, 15) is 5.11 Å². The van der Waals surface area contributed by atoms with Gasteiger partial charge in [-0.1, -0.05) is 56.5 Å². The van der Waals surface area contributed by atoms with E-state index in [0.29, 0.717) is 0 Å². The molecule has 0 aliphatic rings. The number of benzene rings is 1. The van der Waals surface area contributed by atoms with Crippen LogP contribution in [0.5, 0.6) is 0 Å². The fourth-order valence-electron chi connectivity index (χ4n) is 1.89. The van der Waals surface area contributed by atoms with E-state index in [0.717, 1.165) is 19.3 Å². The third kappa shape index (κ3) is 5.92. The zero-order valence-corrected chi connectivity index (χ0v) is 11.4. The highest BCUT2D eigenvalue weighted by atomic mass is 16.3. The summed E-state index contributed by atoms with van der Waals surface area (Å²) in [6.07, 6.45) is 2.55. The molecule has 1 atom stereocenters. The largest absolute Gasteiger partial charge is 0.393 e. The van der Waals surface area contributed by atoms with Crippen molar-refractivity contribution in [1.29, 1.82) is 0 Å². The molecule has 0 spiro atoms. The lowest BCUT2D eigenvalue weighted by Crippen LogP contribution is -2.09. The summed E-state index contributed by atoms with van der Waals surface area (Å²) < 4.78 is 0. The summed E-state index contributed by atoms with van der Waals surface area (Å²) in [5.41, 5.74) is 3.82. The summed E-state index contributed by atoms with van der Waals surface area (Å²) in [5.74, 6) is 0. The maximum atomic E-state index is 9.68. The van der Waals surface area contributed by atoms with E-state index >= 15 is 0 Å². The van der Waals surface area contributed by atoms with Crippen molar-refractivity contribution in [3.8, 4) is 0 Å². The van der Waals surface area contributed by atoms with Gasteiger partial charge in [-0.25, -0.2) is 0 Å². The van der Waals surface area contributed by atoms with Crippen LogP contribution < -0.4 is 0 Å². The van der Waals surface area contributed by atoms with Crippen molar-refractivity contribution in [2.45, 2.75) is 60.0 Å². The van der Waals surface area contributed by atoms with Crippen LogP contribution in [0.2, 0.25) is 0 Å². The number of aliphatic hydroxyl groups is 1. The third-order valence-electron chi connectivity index (χ3n) is 2.37. The van der Waals surface area contributed by atoms with Crippen LogP contribution in [0.25, 0.3) is 0 Å². The Labute approximate surface area is 101 Å². The van der Waals surface area contributed by atoms with Crippen LogP contribution in [0.4, 0.5) is 0 Å². The van der Waals surface area contributed by atoms with Gasteiger partial charge in [0.2, 0.25) is 0 Å². The van der Waals surface area contributed by atoms with Gasteiger partial charge in [0.25, 0.3) is 0 Å². The second-order valence-corrected chi connectivity index (χ2v) is 4.14. The van der Waals surface area contributed by atoms with E-state index < -0.39 is 0 Å². The minimum absolute atomic E-state index is 0.179. The summed E-state index contributed by atoms with van der Waals surface area (Å²) >= 11 is 0.